The molecule has 118 valence electrons. The number of fused-ring (bicyclic) bond motifs is 3. The molecule has 1 N–H and O–H groups in total. The molecule has 5 heteroatoms. The number of hydrogen-bond donors (Lipinski definition) is 1. The summed E-state index contributed by atoms with van der Waals surface area (Å²) in [4.78, 5) is 24.4. The molecular formula is C19H12O5. The third-order valence-electron chi connectivity index (χ3n) is 3.92. The highest BCUT2D eigenvalue weighted by Gasteiger charge is 2.31. The van der Waals surface area contributed by atoms with Gasteiger partial charge in [-0.3, -0.25) is 4.79 Å². The van der Waals surface area contributed by atoms with Crippen LogP contribution in [0.15, 0.2) is 57.4 Å². The molecule has 1 aliphatic heterocycles. The van der Waals surface area contributed by atoms with Crippen LogP contribution in [0.1, 0.15) is 21.5 Å². The number of rotatable bonds is 1. The second-order valence-corrected chi connectivity index (χ2v) is 5.60. The fourth-order valence-electron chi connectivity index (χ4n) is 2.81. The zero-order chi connectivity index (χ0) is 16.8. The van der Waals surface area contributed by atoms with Crippen molar-refractivity contribution in [2.24, 2.45) is 0 Å². The summed E-state index contributed by atoms with van der Waals surface area (Å²) in [5.74, 6) is 0.215. The smallest absolute Gasteiger partial charge is 0.336 e. The minimum absolute atomic E-state index is 0.0966. The Kier molecular flexibility index (Phi) is 3.03. The van der Waals surface area contributed by atoms with Crippen LogP contribution in [0.25, 0.3) is 17.0 Å². The van der Waals surface area contributed by atoms with Crippen LogP contribution in [0.3, 0.4) is 0 Å². The van der Waals surface area contributed by atoms with Crippen molar-refractivity contribution in [3.63, 3.8) is 0 Å². The van der Waals surface area contributed by atoms with E-state index < -0.39 is 5.63 Å². The number of ketones is 1. The van der Waals surface area contributed by atoms with Crippen LogP contribution in [-0.2, 0) is 0 Å². The summed E-state index contributed by atoms with van der Waals surface area (Å²) in [6, 6.07) is 11.3. The van der Waals surface area contributed by atoms with E-state index in [9.17, 15) is 14.7 Å². The van der Waals surface area contributed by atoms with Crippen LogP contribution in [0.4, 0.5) is 0 Å². The van der Waals surface area contributed by atoms with E-state index in [0.29, 0.717) is 16.7 Å². The molecule has 0 amide bonds. The molecule has 0 saturated carbocycles. The lowest BCUT2D eigenvalue weighted by Gasteiger charge is -2.02. The number of hydrogen-bond acceptors (Lipinski definition) is 5. The number of Topliss-reactive ketones (excluding diaryl/α,β-unsaturated/α-hetero) is 1. The van der Waals surface area contributed by atoms with E-state index in [1.165, 1.54) is 12.1 Å². The Labute approximate surface area is 136 Å². The third-order valence-corrected chi connectivity index (χ3v) is 3.92. The lowest BCUT2D eigenvalue weighted by atomic mass is 10.0. The van der Waals surface area contributed by atoms with Gasteiger partial charge in [0.15, 0.2) is 11.3 Å². The van der Waals surface area contributed by atoms with Crippen molar-refractivity contribution < 1.29 is 19.1 Å². The lowest BCUT2D eigenvalue weighted by molar-refractivity contribution is 0.101. The zero-order valence-corrected chi connectivity index (χ0v) is 12.7. The Morgan fingerprint density at radius 2 is 1.92 bits per heavy atom. The van der Waals surface area contributed by atoms with E-state index >= 15 is 0 Å². The topological polar surface area (TPSA) is 76.7 Å². The van der Waals surface area contributed by atoms with Crippen molar-refractivity contribution in [1.82, 2.24) is 0 Å². The molecule has 0 spiro atoms. The Morgan fingerprint density at radius 3 is 2.71 bits per heavy atom. The van der Waals surface area contributed by atoms with Gasteiger partial charge in [-0.15, -0.1) is 0 Å². The summed E-state index contributed by atoms with van der Waals surface area (Å²) < 4.78 is 10.9. The van der Waals surface area contributed by atoms with Gasteiger partial charge in [-0.1, -0.05) is 12.1 Å². The van der Waals surface area contributed by atoms with Crippen LogP contribution < -0.4 is 10.4 Å². The van der Waals surface area contributed by atoms with E-state index in [2.05, 4.69) is 0 Å². The first-order valence-electron chi connectivity index (χ1n) is 7.34. The van der Waals surface area contributed by atoms with Gasteiger partial charge in [0.25, 0.3) is 0 Å². The molecule has 0 fully saturated rings. The van der Waals surface area contributed by atoms with E-state index in [0.717, 1.165) is 5.56 Å². The first-order chi connectivity index (χ1) is 11.5. The van der Waals surface area contributed by atoms with Crippen molar-refractivity contribution >= 4 is 22.8 Å². The summed E-state index contributed by atoms with van der Waals surface area (Å²) >= 11 is 0. The van der Waals surface area contributed by atoms with E-state index in [4.69, 9.17) is 9.15 Å². The maximum absolute atomic E-state index is 12.7. The van der Waals surface area contributed by atoms with Gasteiger partial charge in [0.1, 0.15) is 17.1 Å². The average Bonchev–Trinajstić information content (AvgIpc) is 2.84. The van der Waals surface area contributed by atoms with Crippen LogP contribution >= 0.6 is 0 Å². The number of carbonyl (C=O) groups excluding carboxylic acids is 1. The molecule has 3 aromatic rings. The summed E-state index contributed by atoms with van der Waals surface area (Å²) in [6.45, 7) is 1.79. The van der Waals surface area contributed by atoms with Crippen molar-refractivity contribution in [3.8, 4) is 11.5 Å². The molecule has 0 saturated heterocycles. The van der Waals surface area contributed by atoms with E-state index in [1.54, 1.807) is 43.3 Å². The van der Waals surface area contributed by atoms with Crippen molar-refractivity contribution in [2.75, 3.05) is 0 Å². The predicted octanol–water partition coefficient (Wildman–Crippen LogP) is 3.42. The number of ether oxygens (including phenoxy) is 1. The van der Waals surface area contributed by atoms with Crippen LogP contribution in [-0.4, -0.2) is 10.9 Å². The second kappa shape index (κ2) is 5.09. The highest BCUT2D eigenvalue weighted by molar-refractivity contribution is 6.20. The van der Waals surface area contributed by atoms with Gasteiger partial charge in [-0.2, -0.15) is 0 Å². The van der Waals surface area contributed by atoms with Gasteiger partial charge >= 0.3 is 5.63 Å². The molecule has 2 aromatic carbocycles. The first kappa shape index (κ1) is 14.3. The zero-order valence-electron chi connectivity index (χ0n) is 12.7. The highest BCUT2D eigenvalue weighted by atomic mass is 16.5. The van der Waals surface area contributed by atoms with Gasteiger partial charge in [0.05, 0.1) is 0 Å². The van der Waals surface area contributed by atoms with E-state index in [1.807, 2.05) is 0 Å². The molecule has 2 heterocycles. The number of phenolic OH excluding ortho intramolecular Hbond substituents is 1. The van der Waals surface area contributed by atoms with E-state index in [-0.39, 0.29) is 28.4 Å². The Balaban J connectivity index is 1.89. The van der Waals surface area contributed by atoms with Gasteiger partial charge in [-0.05, 0) is 48.4 Å². The minimum atomic E-state index is -0.508. The number of benzene rings is 2. The van der Waals surface area contributed by atoms with Crippen LogP contribution in [0.5, 0.6) is 11.5 Å². The summed E-state index contributed by atoms with van der Waals surface area (Å²) in [7, 11) is 0. The molecule has 1 aromatic heterocycles. The fraction of sp³-hybridized carbons (Fsp3) is 0.0526. The van der Waals surface area contributed by atoms with Crippen LogP contribution in [0, 0.1) is 6.92 Å². The maximum Gasteiger partial charge on any atom is 0.336 e. The Morgan fingerprint density at radius 1 is 1.08 bits per heavy atom. The standard InChI is InChI=1S/C19H12O5/c1-10-7-16(21)24-19-13(10)5-6-14-17(19)18(22)15(23-14)9-11-3-2-4-12(20)8-11/h2-9,20H,1H3/b15-9+. The molecule has 0 bridgehead atoms. The number of aryl methyl sites for hydroxylation is 1. The molecule has 5 nitrogen and oxygen atoms in total. The third kappa shape index (κ3) is 2.18. The van der Waals surface area contributed by atoms with Crippen LogP contribution in [0.2, 0.25) is 0 Å². The summed E-state index contributed by atoms with van der Waals surface area (Å²) in [6.07, 6.45) is 1.54. The normalized spacial score (nSPS) is 14.9. The SMILES string of the molecule is Cc1cc(=O)oc2c3c(ccc12)O/C(=C/c1cccc(O)c1)C3=O. The average molecular weight is 320 g/mol. The quantitative estimate of drug-likeness (QED) is 0.549. The van der Waals surface area contributed by atoms with Crippen molar-refractivity contribution in [1.29, 1.82) is 0 Å². The molecule has 0 atom stereocenters. The molecule has 0 radical (unpaired) electrons. The van der Waals surface area contributed by atoms with Gasteiger partial charge in [0, 0.05) is 11.5 Å². The number of aromatic hydroxyl groups is 1. The molecule has 24 heavy (non-hydrogen) atoms. The summed E-state index contributed by atoms with van der Waals surface area (Å²) in [5, 5.41) is 10.2. The molecule has 0 aliphatic carbocycles. The monoisotopic (exact) mass is 320 g/mol. The largest absolute Gasteiger partial charge is 0.508 e. The van der Waals surface area contributed by atoms with Crippen molar-refractivity contribution in [3.05, 3.63) is 75.3 Å². The molecule has 4 rings (SSSR count). The molecule has 1 aliphatic rings. The van der Waals surface area contributed by atoms with Gasteiger partial charge in [-0.25, -0.2) is 4.79 Å². The first-order valence-corrected chi connectivity index (χ1v) is 7.34. The van der Waals surface area contributed by atoms with Gasteiger partial charge < -0.3 is 14.3 Å². The fourth-order valence-corrected chi connectivity index (χ4v) is 2.81. The summed E-state index contributed by atoms with van der Waals surface area (Å²) in [5.41, 5.74) is 1.35. The molecular weight excluding hydrogens is 308 g/mol. The predicted molar refractivity (Wildman–Crippen MR) is 88.3 cm³/mol. The maximum atomic E-state index is 12.7. The highest BCUT2D eigenvalue weighted by Crippen LogP contribution is 2.37. The number of allylic oxidation sites excluding steroid dienone is 1. The number of carbonyl (C=O) groups is 1. The number of phenols is 1. The van der Waals surface area contributed by atoms with Crippen molar-refractivity contribution in [2.45, 2.75) is 6.92 Å². The second-order valence-electron chi connectivity index (χ2n) is 5.60. The Hall–Kier alpha value is -3.34. The lowest BCUT2D eigenvalue weighted by Crippen LogP contribution is -2.02. The molecule has 0 unspecified atom stereocenters. The van der Waals surface area contributed by atoms with Gasteiger partial charge in [0.2, 0.25) is 5.78 Å². The Bertz CT molecular complexity index is 1090. The minimum Gasteiger partial charge on any atom is -0.508 e.